The average Bonchev–Trinajstić information content (AvgIpc) is 2.75. The van der Waals surface area contributed by atoms with Crippen LogP contribution in [0.25, 0.3) is 0 Å². The summed E-state index contributed by atoms with van der Waals surface area (Å²) in [6, 6.07) is 22.7. The maximum absolute atomic E-state index is 12.5. The Morgan fingerprint density at radius 3 is 2.50 bits per heavy atom. The van der Waals surface area contributed by atoms with Crippen molar-refractivity contribution in [2.24, 2.45) is 0 Å². The van der Waals surface area contributed by atoms with Gasteiger partial charge in [-0.1, -0.05) is 48.5 Å². The fourth-order valence-corrected chi connectivity index (χ4v) is 2.93. The van der Waals surface area contributed by atoms with Gasteiger partial charge in [0.15, 0.2) is 5.11 Å². The van der Waals surface area contributed by atoms with E-state index < -0.39 is 10.8 Å². The molecular weight excluding hydrogens is 402 g/mol. The minimum atomic E-state index is -0.525. The van der Waals surface area contributed by atoms with Crippen molar-refractivity contribution in [2.45, 2.75) is 6.42 Å². The van der Waals surface area contributed by atoms with E-state index in [1.54, 1.807) is 36.4 Å². The summed E-state index contributed by atoms with van der Waals surface area (Å²) in [4.78, 5) is 23.0. The topological polar surface area (TPSA) is 93.5 Å². The smallest absolute Gasteiger partial charge is 0.292 e. The first-order chi connectivity index (χ1) is 14.5. The Morgan fingerprint density at radius 2 is 1.73 bits per heavy atom. The maximum Gasteiger partial charge on any atom is 0.292 e. The first kappa shape index (κ1) is 20.9. The molecule has 3 rings (SSSR count). The second-order valence-electron chi connectivity index (χ2n) is 6.29. The molecule has 0 spiro atoms. The number of nitro groups is 1. The molecule has 0 radical (unpaired) electrons. The number of anilines is 1. The molecule has 8 heteroatoms. The Labute approximate surface area is 178 Å². The van der Waals surface area contributed by atoms with Gasteiger partial charge in [-0.2, -0.15) is 0 Å². The predicted octanol–water partition coefficient (Wildman–Crippen LogP) is 4.34. The number of rotatable bonds is 7. The van der Waals surface area contributed by atoms with E-state index in [-0.39, 0.29) is 16.5 Å². The molecule has 0 unspecified atom stereocenters. The number of thiocarbonyl (C=S) groups is 1. The molecule has 0 aromatic heterocycles. The van der Waals surface area contributed by atoms with Gasteiger partial charge in [0.1, 0.15) is 11.4 Å². The van der Waals surface area contributed by atoms with Crippen LogP contribution in [0.15, 0.2) is 78.9 Å². The summed E-state index contributed by atoms with van der Waals surface area (Å²) in [5.74, 6) is 0.121. The van der Waals surface area contributed by atoms with Gasteiger partial charge in [0.05, 0.1) is 11.5 Å². The Kier molecular flexibility index (Phi) is 7.07. The Balaban J connectivity index is 1.57. The van der Waals surface area contributed by atoms with Gasteiger partial charge in [-0.3, -0.25) is 20.2 Å². The quantitative estimate of drug-likeness (QED) is 0.335. The monoisotopic (exact) mass is 421 g/mol. The number of nitro benzene ring substituents is 1. The zero-order valence-corrected chi connectivity index (χ0v) is 16.7. The number of benzene rings is 3. The highest BCUT2D eigenvalue weighted by molar-refractivity contribution is 7.80. The molecule has 0 aliphatic carbocycles. The zero-order chi connectivity index (χ0) is 21.3. The van der Waals surface area contributed by atoms with Crippen LogP contribution >= 0.6 is 12.2 Å². The number of carbonyl (C=O) groups excluding carboxylic acids is 1. The van der Waals surface area contributed by atoms with Crippen molar-refractivity contribution in [2.75, 3.05) is 11.9 Å². The van der Waals surface area contributed by atoms with Gasteiger partial charge < -0.3 is 10.1 Å². The highest BCUT2D eigenvalue weighted by Crippen LogP contribution is 2.23. The summed E-state index contributed by atoms with van der Waals surface area (Å²) in [5.41, 5.74) is 1.59. The summed E-state index contributed by atoms with van der Waals surface area (Å²) in [7, 11) is 0. The molecule has 3 aromatic rings. The second kappa shape index (κ2) is 10.1. The van der Waals surface area contributed by atoms with Gasteiger partial charge in [-0.15, -0.1) is 0 Å². The standard InChI is InChI=1S/C22H19N3O4S/c26-21(24-22(30)23-19-11-4-5-12-20(19)25(27)28)17-9-6-10-18(15-17)29-14-13-16-7-2-1-3-8-16/h1-12,15H,13-14H2,(H2,23,24,26,30). The van der Waals surface area contributed by atoms with Gasteiger partial charge in [0, 0.05) is 18.1 Å². The summed E-state index contributed by atoms with van der Waals surface area (Å²) < 4.78 is 5.74. The third-order valence-corrected chi connectivity index (χ3v) is 4.38. The minimum absolute atomic E-state index is 0.0373. The van der Waals surface area contributed by atoms with E-state index in [0.29, 0.717) is 17.9 Å². The molecule has 0 bridgehead atoms. The summed E-state index contributed by atoms with van der Waals surface area (Å²) in [6.45, 7) is 0.479. The number of nitrogens with zero attached hydrogens (tertiary/aromatic N) is 1. The van der Waals surface area contributed by atoms with E-state index in [1.165, 1.54) is 12.1 Å². The van der Waals surface area contributed by atoms with Crippen molar-refractivity contribution >= 4 is 34.6 Å². The third-order valence-electron chi connectivity index (χ3n) is 4.17. The zero-order valence-electron chi connectivity index (χ0n) is 15.9. The lowest BCUT2D eigenvalue weighted by Crippen LogP contribution is -2.34. The summed E-state index contributed by atoms with van der Waals surface area (Å²) in [6.07, 6.45) is 0.751. The fraction of sp³-hybridized carbons (Fsp3) is 0.0909. The molecule has 1 amide bonds. The van der Waals surface area contributed by atoms with Crippen molar-refractivity contribution in [3.63, 3.8) is 0 Å². The summed E-state index contributed by atoms with van der Waals surface area (Å²) >= 11 is 5.12. The van der Waals surface area contributed by atoms with Gasteiger partial charge in [-0.25, -0.2) is 0 Å². The van der Waals surface area contributed by atoms with Gasteiger partial charge >= 0.3 is 0 Å². The van der Waals surface area contributed by atoms with Crippen molar-refractivity contribution in [1.82, 2.24) is 5.32 Å². The third kappa shape index (κ3) is 5.86. The van der Waals surface area contributed by atoms with Crippen molar-refractivity contribution in [3.05, 3.63) is 100 Å². The molecule has 0 atom stereocenters. The molecule has 30 heavy (non-hydrogen) atoms. The molecule has 152 valence electrons. The van der Waals surface area contributed by atoms with Crippen molar-refractivity contribution in [1.29, 1.82) is 0 Å². The fourth-order valence-electron chi connectivity index (χ4n) is 2.73. The molecular formula is C22H19N3O4S. The van der Waals surface area contributed by atoms with Crippen molar-refractivity contribution in [3.8, 4) is 5.75 Å². The van der Waals surface area contributed by atoms with E-state index in [4.69, 9.17) is 17.0 Å². The first-order valence-electron chi connectivity index (χ1n) is 9.15. The maximum atomic E-state index is 12.5. The first-order valence-corrected chi connectivity index (χ1v) is 9.56. The molecule has 0 aliphatic heterocycles. The molecule has 0 fully saturated rings. The Morgan fingerprint density at radius 1 is 1.00 bits per heavy atom. The lowest BCUT2D eigenvalue weighted by Gasteiger charge is -2.11. The lowest BCUT2D eigenvalue weighted by atomic mass is 10.2. The predicted molar refractivity (Wildman–Crippen MR) is 119 cm³/mol. The number of carbonyl (C=O) groups is 1. The molecule has 0 aliphatic rings. The van der Waals surface area contributed by atoms with Crippen LogP contribution in [0.2, 0.25) is 0 Å². The number of amides is 1. The van der Waals surface area contributed by atoms with E-state index in [9.17, 15) is 14.9 Å². The van der Waals surface area contributed by atoms with Crippen LogP contribution in [0.3, 0.4) is 0 Å². The van der Waals surface area contributed by atoms with E-state index in [0.717, 1.165) is 12.0 Å². The minimum Gasteiger partial charge on any atom is -0.493 e. The van der Waals surface area contributed by atoms with Gasteiger partial charge in [-0.05, 0) is 42.0 Å². The van der Waals surface area contributed by atoms with Crippen LogP contribution in [0.1, 0.15) is 15.9 Å². The van der Waals surface area contributed by atoms with E-state index in [2.05, 4.69) is 10.6 Å². The second-order valence-corrected chi connectivity index (χ2v) is 6.70. The largest absolute Gasteiger partial charge is 0.493 e. The SMILES string of the molecule is O=C(NC(=S)Nc1ccccc1[N+](=O)[O-])c1cccc(OCCc2ccccc2)c1. The lowest BCUT2D eigenvalue weighted by molar-refractivity contribution is -0.383. The highest BCUT2D eigenvalue weighted by Gasteiger charge is 2.15. The normalized spacial score (nSPS) is 10.1. The molecule has 3 aromatic carbocycles. The van der Waals surface area contributed by atoms with Crippen molar-refractivity contribution < 1.29 is 14.5 Å². The number of ether oxygens (including phenoxy) is 1. The van der Waals surface area contributed by atoms with Crippen LogP contribution in [0.4, 0.5) is 11.4 Å². The summed E-state index contributed by atoms with van der Waals surface area (Å²) in [5, 5.41) is 16.3. The van der Waals surface area contributed by atoms with Crippen LogP contribution in [0, 0.1) is 10.1 Å². The molecule has 2 N–H and O–H groups in total. The molecule has 0 heterocycles. The van der Waals surface area contributed by atoms with Crippen LogP contribution in [-0.2, 0) is 6.42 Å². The number of nitrogens with one attached hydrogen (secondary N) is 2. The highest BCUT2D eigenvalue weighted by atomic mass is 32.1. The van der Waals surface area contributed by atoms with E-state index >= 15 is 0 Å². The van der Waals surface area contributed by atoms with E-state index in [1.807, 2.05) is 30.3 Å². The molecule has 0 saturated carbocycles. The van der Waals surface area contributed by atoms with Crippen LogP contribution in [0.5, 0.6) is 5.75 Å². The van der Waals surface area contributed by atoms with Gasteiger partial charge in [0.25, 0.3) is 11.6 Å². The number of hydrogen-bond donors (Lipinski definition) is 2. The number of para-hydroxylation sites is 2. The van der Waals surface area contributed by atoms with Gasteiger partial charge in [0.2, 0.25) is 0 Å². The Bertz CT molecular complexity index is 1060. The molecule has 0 saturated heterocycles. The van der Waals surface area contributed by atoms with Crippen LogP contribution < -0.4 is 15.4 Å². The molecule has 7 nitrogen and oxygen atoms in total. The Hall–Kier alpha value is -3.78. The van der Waals surface area contributed by atoms with Crippen LogP contribution in [-0.4, -0.2) is 22.5 Å². The average molecular weight is 421 g/mol. The number of hydrogen-bond acceptors (Lipinski definition) is 5.